The van der Waals surface area contributed by atoms with Crippen molar-refractivity contribution in [3.8, 4) is 5.75 Å². The summed E-state index contributed by atoms with van der Waals surface area (Å²) in [6.07, 6.45) is 0. The van der Waals surface area contributed by atoms with Crippen LogP contribution in [0.25, 0.3) is 0 Å². The maximum absolute atomic E-state index is 12.1. The van der Waals surface area contributed by atoms with E-state index in [1.807, 2.05) is 6.92 Å². The van der Waals surface area contributed by atoms with E-state index in [2.05, 4.69) is 10.6 Å². The van der Waals surface area contributed by atoms with Gasteiger partial charge in [0.15, 0.2) is 0 Å². The molecule has 0 aliphatic carbocycles. The molecule has 0 atom stereocenters. The van der Waals surface area contributed by atoms with Crippen molar-refractivity contribution in [2.75, 3.05) is 24.3 Å². The average molecular weight is 350 g/mol. The molecule has 0 saturated heterocycles. The van der Waals surface area contributed by atoms with Crippen LogP contribution in [-0.2, 0) is 4.79 Å². The molecular formula is C16H16ClN3O4. The van der Waals surface area contributed by atoms with Gasteiger partial charge in [0.25, 0.3) is 5.69 Å². The summed E-state index contributed by atoms with van der Waals surface area (Å²) < 4.78 is 5.08. The van der Waals surface area contributed by atoms with E-state index in [0.29, 0.717) is 10.7 Å². The number of nitrogens with zero attached hydrogens (tertiary/aromatic N) is 1. The quantitative estimate of drug-likeness (QED) is 0.613. The molecule has 0 bridgehead atoms. The van der Waals surface area contributed by atoms with Gasteiger partial charge in [-0.3, -0.25) is 14.9 Å². The molecular weight excluding hydrogens is 334 g/mol. The number of ether oxygens (including phenoxy) is 1. The van der Waals surface area contributed by atoms with Crippen molar-refractivity contribution >= 4 is 34.6 Å². The first-order chi connectivity index (χ1) is 11.4. The summed E-state index contributed by atoms with van der Waals surface area (Å²) in [5, 5.41) is 17.0. The molecule has 0 radical (unpaired) electrons. The number of methoxy groups -OCH3 is 1. The van der Waals surface area contributed by atoms with Gasteiger partial charge >= 0.3 is 0 Å². The minimum absolute atomic E-state index is 0.0304. The fraction of sp³-hybridized carbons (Fsp3) is 0.188. The third-order valence-electron chi connectivity index (χ3n) is 3.30. The Bertz CT molecular complexity index is 780. The van der Waals surface area contributed by atoms with Gasteiger partial charge < -0.3 is 15.4 Å². The minimum atomic E-state index is -0.529. The van der Waals surface area contributed by atoms with E-state index >= 15 is 0 Å². The number of hydrogen-bond acceptors (Lipinski definition) is 5. The van der Waals surface area contributed by atoms with Crippen molar-refractivity contribution in [2.45, 2.75) is 6.92 Å². The first-order valence-corrected chi connectivity index (χ1v) is 7.41. The SMILES string of the molecule is COc1cc([N+](=O)[O-])ccc1NC(=O)CNc1ccc(Cl)cc1C. The normalized spacial score (nSPS) is 10.1. The number of nitro benzene ring substituents is 1. The van der Waals surface area contributed by atoms with Crippen molar-refractivity contribution in [2.24, 2.45) is 0 Å². The minimum Gasteiger partial charge on any atom is -0.494 e. The number of carbonyl (C=O) groups is 1. The van der Waals surface area contributed by atoms with Crippen molar-refractivity contribution < 1.29 is 14.5 Å². The van der Waals surface area contributed by atoms with Crippen LogP contribution in [0.3, 0.4) is 0 Å². The molecule has 7 nitrogen and oxygen atoms in total. The van der Waals surface area contributed by atoms with Gasteiger partial charge in [-0.25, -0.2) is 0 Å². The van der Waals surface area contributed by atoms with Crippen LogP contribution >= 0.6 is 11.6 Å². The number of non-ortho nitro benzene ring substituents is 1. The Morgan fingerprint density at radius 3 is 2.58 bits per heavy atom. The van der Waals surface area contributed by atoms with E-state index < -0.39 is 4.92 Å². The van der Waals surface area contributed by atoms with E-state index in [4.69, 9.17) is 16.3 Å². The van der Waals surface area contributed by atoms with E-state index in [0.717, 1.165) is 11.3 Å². The molecule has 8 heteroatoms. The lowest BCUT2D eigenvalue weighted by Crippen LogP contribution is -2.22. The average Bonchev–Trinajstić information content (AvgIpc) is 2.54. The van der Waals surface area contributed by atoms with Crippen LogP contribution in [-0.4, -0.2) is 24.5 Å². The fourth-order valence-corrected chi connectivity index (χ4v) is 2.32. The number of halogens is 1. The highest BCUT2D eigenvalue weighted by Crippen LogP contribution is 2.29. The van der Waals surface area contributed by atoms with Gasteiger partial charge in [-0.15, -0.1) is 0 Å². The number of nitro groups is 1. The first kappa shape index (κ1) is 17.6. The van der Waals surface area contributed by atoms with Crippen LogP contribution in [0, 0.1) is 17.0 Å². The van der Waals surface area contributed by atoms with Gasteiger partial charge in [0.1, 0.15) is 5.75 Å². The van der Waals surface area contributed by atoms with Gasteiger partial charge in [-0.05, 0) is 36.8 Å². The summed E-state index contributed by atoms with van der Waals surface area (Å²) in [5.74, 6) is -0.0864. The number of hydrogen-bond donors (Lipinski definition) is 2. The second-order valence-electron chi connectivity index (χ2n) is 5.00. The number of amides is 1. The van der Waals surface area contributed by atoms with Gasteiger partial charge in [-0.2, -0.15) is 0 Å². The summed E-state index contributed by atoms with van der Waals surface area (Å²) in [6, 6.07) is 9.30. The second-order valence-corrected chi connectivity index (χ2v) is 5.44. The Morgan fingerprint density at radius 2 is 1.96 bits per heavy atom. The predicted octanol–water partition coefficient (Wildman–Crippen LogP) is 3.62. The van der Waals surface area contributed by atoms with E-state index in [1.165, 1.54) is 25.3 Å². The third kappa shape index (κ3) is 4.36. The lowest BCUT2D eigenvalue weighted by Gasteiger charge is -2.12. The van der Waals surface area contributed by atoms with Crippen LogP contribution in [0.4, 0.5) is 17.1 Å². The molecule has 0 aliphatic rings. The molecule has 1 amide bonds. The van der Waals surface area contributed by atoms with Crippen molar-refractivity contribution in [1.29, 1.82) is 0 Å². The molecule has 0 aliphatic heterocycles. The van der Waals surface area contributed by atoms with Gasteiger partial charge in [0.05, 0.1) is 30.3 Å². The Kier molecular flexibility index (Phi) is 5.59. The molecule has 0 spiro atoms. The second kappa shape index (κ2) is 7.65. The lowest BCUT2D eigenvalue weighted by molar-refractivity contribution is -0.384. The molecule has 0 fully saturated rings. The maximum Gasteiger partial charge on any atom is 0.273 e. The summed E-state index contributed by atoms with van der Waals surface area (Å²) in [5.41, 5.74) is 1.97. The van der Waals surface area contributed by atoms with Crippen LogP contribution in [0.5, 0.6) is 5.75 Å². The molecule has 0 heterocycles. The zero-order chi connectivity index (χ0) is 17.7. The van der Waals surface area contributed by atoms with Gasteiger partial charge in [-0.1, -0.05) is 11.6 Å². The summed E-state index contributed by atoms with van der Waals surface area (Å²) in [7, 11) is 1.38. The summed E-state index contributed by atoms with van der Waals surface area (Å²) in [6.45, 7) is 1.91. The number of benzene rings is 2. The van der Waals surface area contributed by atoms with Gasteiger partial charge in [0.2, 0.25) is 5.91 Å². The molecule has 0 aromatic heterocycles. The van der Waals surface area contributed by atoms with Crippen LogP contribution in [0.1, 0.15) is 5.56 Å². The first-order valence-electron chi connectivity index (χ1n) is 7.03. The zero-order valence-electron chi connectivity index (χ0n) is 13.1. The molecule has 2 aromatic carbocycles. The van der Waals surface area contributed by atoms with E-state index in [-0.39, 0.29) is 23.9 Å². The number of nitrogens with one attached hydrogen (secondary N) is 2. The number of anilines is 2. The Labute approximate surface area is 143 Å². The lowest BCUT2D eigenvalue weighted by atomic mass is 10.2. The number of rotatable bonds is 6. The molecule has 2 rings (SSSR count). The summed E-state index contributed by atoms with van der Waals surface area (Å²) in [4.78, 5) is 22.3. The van der Waals surface area contributed by atoms with Crippen LogP contribution in [0.2, 0.25) is 5.02 Å². The molecule has 2 N–H and O–H groups in total. The maximum atomic E-state index is 12.1. The number of aryl methyl sites for hydroxylation is 1. The van der Waals surface area contributed by atoms with Crippen molar-refractivity contribution in [3.63, 3.8) is 0 Å². The van der Waals surface area contributed by atoms with E-state index in [1.54, 1.807) is 18.2 Å². The topological polar surface area (TPSA) is 93.5 Å². The van der Waals surface area contributed by atoms with Crippen LogP contribution < -0.4 is 15.4 Å². The standard InChI is InChI=1S/C16H16ClN3O4/c1-10-7-11(17)3-5-13(10)18-9-16(21)19-14-6-4-12(20(22)23)8-15(14)24-2/h3-8,18H,9H2,1-2H3,(H,19,21). The summed E-state index contributed by atoms with van der Waals surface area (Å²) >= 11 is 5.89. The predicted molar refractivity (Wildman–Crippen MR) is 93.0 cm³/mol. The number of carbonyl (C=O) groups excluding carboxylic acids is 1. The van der Waals surface area contributed by atoms with Crippen molar-refractivity contribution in [1.82, 2.24) is 0 Å². The largest absolute Gasteiger partial charge is 0.494 e. The third-order valence-corrected chi connectivity index (χ3v) is 3.53. The highest BCUT2D eigenvalue weighted by Gasteiger charge is 2.13. The van der Waals surface area contributed by atoms with E-state index in [9.17, 15) is 14.9 Å². The van der Waals surface area contributed by atoms with Crippen LogP contribution in [0.15, 0.2) is 36.4 Å². The van der Waals surface area contributed by atoms with Crippen molar-refractivity contribution in [3.05, 3.63) is 57.1 Å². The molecule has 2 aromatic rings. The monoisotopic (exact) mass is 349 g/mol. The fourth-order valence-electron chi connectivity index (χ4n) is 2.09. The highest BCUT2D eigenvalue weighted by molar-refractivity contribution is 6.30. The molecule has 0 saturated carbocycles. The van der Waals surface area contributed by atoms with Gasteiger partial charge in [0, 0.05) is 16.8 Å². The Morgan fingerprint density at radius 1 is 1.25 bits per heavy atom. The smallest absolute Gasteiger partial charge is 0.273 e. The Balaban J connectivity index is 2.03. The molecule has 24 heavy (non-hydrogen) atoms. The Hall–Kier alpha value is -2.80. The highest BCUT2D eigenvalue weighted by atomic mass is 35.5. The zero-order valence-corrected chi connectivity index (χ0v) is 13.9. The molecule has 0 unspecified atom stereocenters. The molecule has 126 valence electrons.